The lowest BCUT2D eigenvalue weighted by Crippen LogP contribution is -2.10. The van der Waals surface area contributed by atoms with Gasteiger partial charge in [0.15, 0.2) is 0 Å². The monoisotopic (exact) mass is 233 g/mol. The zero-order valence-corrected chi connectivity index (χ0v) is 9.91. The van der Waals surface area contributed by atoms with E-state index in [4.69, 9.17) is 28.9 Å². The van der Waals surface area contributed by atoms with Crippen LogP contribution >= 0.6 is 23.2 Å². The average Bonchev–Trinajstić information content (AvgIpc) is 2.16. The van der Waals surface area contributed by atoms with Gasteiger partial charge in [-0.05, 0) is 24.6 Å². The number of amides is 1. The lowest BCUT2D eigenvalue weighted by molar-refractivity contribution is 0.100. The number of benzene rings is 1. The van der Waals surface area contributed by atoms with E-state index in [-0.39, 0.29) is 0 Å². The van der Waals surface area contributed by atoms with Crippen molar-refractivity contribution in [3.8, 4) is 0 Å². The molecule has 78 valence electrons. The Balaban J connectivity index is 0.000000791. The van der Waals surface area contributed by atoms with Crippen LogP contribution in [0.5, 0.6) is 0 Å². The molecule has 1 amide bonds. The molecule has 0 saturated heterocycles. The first-order chi connectivity index (χ1) is 6.52. The van der Waals surface area contributed by atoms with E-state index in [1.54, 1.807) is 6.92 Å². The molecule has 14 heavy (non-hydrogen) atoms. The van der Waals surface area contributed by atoms with Crippen molar-refractivity contribution in [1.82, 2.24) is 0 Å². The van der Waals surface area contributed by atoms with Crippen LogP contribution in [0.1, 0.15) is 29.8 Å². The van der Waals surface area contributed by atoms with Crippen LogP contribution in [0.15, 0.2) is 12.1 Å². The van der Waals surface area contributed by atoms with Gasteiger partial charge in [-0.1, -0.05) is 37.0 Å². The van der Waals surface area contributed by atoms with Gasteiger partial charge in [-0.25, -0.2) is 0 Å². The Morgan fingerprint density at radius 1 is 1.21 bits per heavy atom. The lowest BCUT2D eigenvalue weighted by atomic mass is 10.1. The molecule has 0 fully saturated rings. The number of carbonyl (C=O) groups excluding carboxylic acids is 1. The maximum Gasteiger partial charge on any atom is 0.248 e. The molecular weight excluding hydrogens is 221 g/mol. The Bertz CT molecular complexity index is 314. The third-order valence-corrected chi connectivity index (χ3v) is 2.35. The number of primary amides is 1. The number of nitrogens with two attached hydrogens (primary N) is 1. The van der Waals surface area contributed by atoms with Gasteiger partial charge in [-0.15, -0.1) is 0 Å². The number of halogens is 2. The van der Waals surface area contributed by atoms with Gasteiger partial charge in [0.1, 0.15) is 0 Å². The van der Waals surface area contributed by atoms with Gasteiger partial charge in [-0.3, -0.25) is 4.79 Å². The summed E-state index contributed by atoms with van der Waals surface area (Å²) in [5, 5.41) is 0.910. The summed E-state index contributed by atoms with van der Waals surface area (Å²) in [6, 6.07) is 3.01. The molecule has 0 aliphatic rings. The van der Waals surface area contributed by atoms with E-state index in [0.717, 1.165) is 5.56 Å². The molecule has 0 bridgehead atoms. The summed E-state index contributed by atoms with van der Waals surface area (Å²) in [6.45, 7) is 5.77. The zero-order chi connectivity index (χ0) is 11.3. The van der Waals surface area contributed by atoms with Gasteiger partial charge in [0.2, 0.25) is 5.91 Å². The van der Waals surface area contributed by atoms with E-state index < -0.39 is 5.91 Å². The van der Waals surface area contributed by atoms with Crippen molar-refractivity contribution in [2.45, 2.75) is 20.8 Å². The van der Waals surface area contributed by atoms with Crippen LogP contribution in [0.25, 0.3) is 0 Å². The molecule has 0 heterocycles. The van der Waals surface area contributed by atoms with E-state index in [9.17, 15) is 4.79 Å². The summed E-state index contributed by atoms with van der Waals surface area (Å²) >= 11 is 11.5. The van der Waals surface area contributed by atoms with E-state index >= 15 is 0 Å². The first kappa shape index (κ1) is 13.3. The average molecular weight is 234 g/mol. The number of hydrogen-bond donors (Lipinski definition) is 1. The lowest BCUT2D eigenvalue weighted by Gasteiger charge is -2.02. The smallest absolute Gasteiger partial charge is 0.248 e. The highest BCUT2D eigenvalue weighted by Crippen LogP contribution is 2.25. The summed E-state index contributed by atoms with van der Waals surface area (Å²) < 4.78 is 0. The number of hydrogen-bond acceptors (Lipinski definition) is 1. The second-order valence-corrected chi connectivity index (χ2v) is 3.24. The molecule has 0 unspecified atom stereocenters. The Kier molecular flexibility index (Phi) is 5.58. The minimum Gasteiger partial charge on any atom is -0.366 e. The van der Waals surface area contributed by atoms with E-state index in [1.807, 2.05) is 13.8 Å². The van der Waals surface area contributed by atoms with Crippen LogP contribution in [-0.4, -0.2) is 5.91 Å². The van der Waals surface area contributed by atoms with Gasteiger partial charge in [0.25, 0.3) is 0 Å². The summed E-state index contributed by atoms with van der Waals surface area (Å²) in [4.78, 5) is 10.7. The topological polar surface area (TPSA) is 43.1 Å². The van der Waals surface area contributed by atoms with Gasteiger partial charge < -0.3 is 5.73 Å². The van der Waals surface area contributed by atoms with Crippen molar-refractivity contribution in [3.05, 3.63) is 33.3 Å². The van der Waals surface area contributed by atoms with Crippen LogP contribution in [0.3, 0.4) is 0 Å². The van der Waals surface area contributed by atoms with E-state index in [2.05, 4.69) is 0 Å². The molecule has 0 aliphatic carbocycles. The molecule has 2 nitrogen and oxygen atoms in total. The third-order valence-electron chi connectivity index (χ3n) is 1.57. The fourth-order valence-electron chi connectivity index (χ4n) is 0.788. The minimum atomic E-state index is -0.529. The summed E-state index contributed by atoms with van der Waals surface area (Å²) in [5.41, 5.74) is 6.13. The van der Waals surface area contributed by atoms with Crippen LogP contribution in [0.2, 0.25) is 10.0 Å². The van der Waals surface area contributed by atoms with Crippen molar-refractivity contribution in [2.75, 3.05) is 0 Å². The third kappa shape index (κ3) is 3.20. The molecule has 1 aromatic carbocycles. The molecule has 0 spiro atoms. The summed E-state index contributed by atoms with van der Waals surface area (Å²) in [6.07, 6.45) is 0. The highest BCUT2D eigenvalue weighted by atomic mass is 35.5. The molecule has 1 rings (SSSR count). The Labute approximate surface area is 94.0 Å². The molecule has 4 heteroatoms. The maximum atomic E-state index is 10.7. The zero-order valence-electron chi connectivity index (χ0n) is 8.40. The second kappa shape index (κ2) is 5.89. The first-order valence-electron chi connectivity index (χ1n) is 4.28. The van der Waals surface area contributed by atoms with E-state index in [1.165, 1.54) is 12.1 Å². The Hall–Kier alpha value is -0.730. The predicted molar refractivity (Wildman–Crippen MR) is 61.1 cm³/mol. The molecule has 0 saturated carbocycles. The van der Waals surface area contributed by atoms with Gasteiger partial charge in [-0.2, -0.15) is 0 Å². The molecule has 0 aliphatic heterocycles. The number of rotatable bonds is 1. The van der Waals surface area contributed by atoms with Crippen LogP contribution < -0.4 is 5.73 Å². The minimum absolute atomic E-state index is 0.329. The predicted octanol–water partition coefficient (Wildman–Crippen LogP) is 3.43. The van der Waals surface area contributed by atoms with Crippen LogP contribution in [0.4, 0.5) is 0 Å². The second-order valence-electron chi connectivity index (χ2n) is 2.43. The van der Waals surface area contributed by atoms with Gasteiger partial charge in [0.05, 0.1) is 0 Å². The quantitative estimate of drug-likeness (QED) is 0.794. The molecule has 0 atom stereocenters. The first-order valence-corrected chi connectivity index (χ1v) is 5.03. The standard InChI is InChI=1S/C8H7Cl2NO.C2H6/c1-4-6(9)2-5(8(11)12)3-7(4)10;1-2/h2-3H,1H3,(H2,11,12);1-2H3. The van der Waals surface area contributed by atoms with Crippen molar-refractivity contribution >= 4 is 29.1 Å². The summed E-state index contributed by atoms with van der Waals surface area (Å²) in [5.74, 6) is -0.529. The Morgan fingerprint density at radius 2 is 1.57 bits per heavy atom. The van der Waals surface area contributed by atoms with E-state index in [0.29, 0.717) is 15.6 Å². The highest BCUT2D eigenvalue weighted by molar-refractivity contribution is 6.36. The van der Waals surface area contributed by atoms with Crippen molar-refractivity contribution < 1.29 is 4.79 Å². The molecular formula is C10H13Cl2NO. The summed E-state index contributed by atoms with van der Waals surface area (Å²) in [7, 11) is 0. The molecule has 0 aromatic heterocycles. The maximum absolute atomic E-state index is 10.7. The highest BCUT2D eigenvalue weighted by Gasteiger charge is 2.06. The molecule has 1 aromatic rings. The van der Waals surface area contributed by atoms with Crippen molar-refractivity contribution in [2.24, 2.45) is 5.73 Å². The SMILES string of the molecule is CC.Cc1c(Cl)cc(C(N)=O)cc1Cl. The molecule has 0 radical (unpaired) electrons. The van der Waals surface area contributed by atoms with Crippen LogP contribution in [-0.2, 0) is 0 Å². The van der Waals surface area contributed by atoms with Gasteiger partial charge in [0, 0.05) is 15.6 Å². The Morgan fingerprint density at radius 3 is 1.86 bits per heavy atom. The normalized spacial score (nSPS) is 8.93. The fourth-order valence-corrected chi connectivity index (χ4v) is 1.27. The van der Waals surface area contributed by atoms with Gasteiger partial charge >= 0.3 is 0 Å². The molecule has 2 N–H and O–H groups in total. The largest absolute Gasteiger partial charge is 0.366 e. The fraction of sp³-hybridized carbons (Fsp3) is 0.300. The number of carbonyl (C=O) groups is 1. The van der Waals surface area contributed by atoms with Crippen molar-refractivity contribution in [1.29, 1.82) is 0 Å². The van der Waals surface area contributed by atoms with Crippen LogP contribution in [0, 0.1) is 6.92 Å². The van der Waals surface area contributed by atoms with Crippen molar-refractivity contribution in [3.63, 3.8) is 0 Å².